The van der Waals surface area contributed by atoms with Crippen molar-refractivity contribution in [1.82, 2.24) is 4.90 Å². The van der Waals surface area contributed by atoms with E-state index in [-0.39, 0.29) is 0 Å². The second-order valence-electron chi connectivity index (χ2n) is 4.76. The molecule has 2 heteroatoms. The first-order valence-electron chi connectivity index (χ1n) is 6.12. The van der Waals surface area contributed by atoms with Gasteiger partial charge in [-0.15, -0.1) is 0 Å². The first-order valence-corrected chi connectivity index (χ1v) is 6.94. The Bertz CT molecular complexity index is 520. The molecule has 0 bridgehead atoms. The highest BCUT2D eigenvalue weighted by atomic mass is 32.2. The standard InChI is InChI=1S/C16H19NS/c1-13-7-6-9-15(11-13)18-16-10-5-4-8-14(16)12-17(2)3/h4-11H,12H2,1-3H3. The summed E-state index contributed by atoms with van der Waals surface area (Å²) in [7, 11) is 4.21. The summed E-state index contributed by atoms with van der Waals surface area (Å²) in [4.78, 5) is 4.85. The number of nitrogens with zero attached hydrogens (tertiary/aromatic N) is 1. The Morgan fingerprint density at radius 1 is 1.00 bits per heavy atom. The van der Waals surface area contributed by atoms with Crippen LogP contribution >= 0.6 is 11.8 Å². The van der Waals surface area contributed by atoms with Gasteiger partial charge >= 0.3 is 0 Å². The molecule has 2 aromatic carbocycles. The van der Waals surface area contributed by atoms with Crippen LogP contribution < -0.4 is 0 Å². The van der Waals surface area contributed by atoms with Crippen LogP contribution in [0, 0.1) is 6.92 Å². The van der Waals surface area contributed by atoms with E-state index in [4.69, 9.17) is 0 Å². The van der Waals surface area contributed by atoms with Gasteiger partial charge in [-0.05, 0) is 44.8 Å². The number of rotatable bonds is 4. The Hall–Kier alpha value is -1.25. The molecule has 0 aromatic heterocycles. The molecule has 0 heterocycles. The highest BCUT2D eigenvalue weighted by Crippen LogP contribution is 2.31. The molecule has 0 aliphatic carbocycles. The zero-order chi connectivity index (χ0) is 13.0. The van der Waals surface area contributed by atoms with Gasteiger partial charge in [-0.1, -0.05) is 47.7 Å². The molecule has 0 spiro atoms. The topological polar surface area (TPSA) is 3.24 Å². The average molecular weight is 257 g/mol. The van der Waals surface area contributed by atoms with E-state index in [1.807, 2.05) is 11.8 Å². The molecule has 0 saturated heterocycles. The number of aryl methyl sites for hydroxylation is 1. The lowest BCUT2D eigenvalue weighted by Crippen LogP contribution is -2.11. The van der Waals surface area contributed by atoms with Gasteiger partial charge in [0.1, 0.15) is 0 Å². The Morgan fingerprint density at radius 2 is 1.78 bits per heavy atom. The van der Waals surface area contributed by atoms with Crippen molar-refractivity contribution in [1.29, 1.82) is 0 Å². The summed E-state index contributed by atoms with van der Waals surface area (Å²) < 4.78 is 0. The van der Waals surface area contributed by atoms with Crippen molar-refractivity contribution in [3.05, 3.63) is 59.7 Å². The molecule has 0 aliphatic heterocycles. The van der Waals surface area contributed by atoms with Crippen LogP contribution in [0.5, 0.6) is 0 Å². The SMILES string of the molecule is Cc1cccc(Sc2ccccc2CN(C)C)c1. The predicted molar refractivity (Wildman–Crippen MR) is 79.1 cm³/mol. The van der Waals surface area contributed by atoms with Gasteiger partial charge in [-0.25, -0.2) is 0 Å². The summed E-state index contributed by atoms with van der Waals surface area (Å²) in [6.45, 7) is 3.12. The molecular formula is C16H19NS. The van der Waals surface area contributed by atoms with Gasteiger partial charge in [0.2, 0.25) is 0 Å². The van der Waals surface area contributed by atoms with Crippen molar-refractivity contribution < 1.29 is 0 Å². The second-order valence-corrected chi connectivity index (χ2v) is 5.88. The molecule has 18 heavy (non-hydrogen) atoms. The lowest BCUT2D eigenvalue weighted by atomic mass is 10.2. The lowest BCUT2D eigenvalue weighted by Gasteiger charge is -2.13. The fourth-order valence-electron chi connectivity index (χ4n) is 1.88. The van der Waals surface area contributed by atoms with E-state index in [1.54, 1.807) is 0 Å². The summed E-state index contributed by atoms with van der Waals surface area (Å²) in [6, 6.07) is 17.3. The highest BCUT2D eigenvalue weighted by molar-refractivity contribution is 7.99. The maximum Gasteiger partial charge on any atom is 0.0238 e. The number of hydrogen-bond donors (Lipinski definition) is 0. The molecule has 0 radical (unpaired) electrons. The molecule has 0 atom stereocenters. The van der Waals surface area contributed by atoms with E-state index in [1.165, 1.54) is 20.9 Å². The lowest BCUT2D eigenvalue weighted by molar-refractivity contribution is 0.399. The van der Waals surface area contributed by atoms with Crippen LogP contribution in [0.3, 0.4) is 0 Å². The molecule has 0 N–H and O–H groups in total. The molecule has 2 rings (SSSR count). The Labute approximate surface area is 114 Å². The molecule has 0 fully saturated rings. The fourth-order valence-corrected chi connectivity index (χ4v) is 2.94. The first-order chi connectivity index (χ1) is 8.65. The minimum Gasteiger partial charge on any atom is -0.305 e. The first kappa shape index (κ1) is 13.2. The van der Waals surface area contributed by atoms with Crippen LogP contribution in [0.2, 0.25) is 0 Å². The van der Waals surface area contributed by atoms with E-state index in [0.717, 1.165) is 6.54 Å². The summed E-state index contributed by atoms with van der Waals surface area (Å²) in [5, 5.41) is 0. The van der Waals surface area contributed by atoms with Crippen LogP contribution in [-0.4, -0.2) is 19.0 Å². The molecule has 0 aliphatic rings. The third kappa shape index (κ3) is 3.62. The van der Waals surface area contributed by atoms with Crippen LogP contribution in [-0.2, 0) is 6.54 Å². The van der Waals surface area contributed by atoms with Gasteiger partial charge in [0.05, 0.1) is 0 Å². The van der Waals surface area contributed by atoms with Gasteiger partial charge in [0, 0.05) is 16.3 Å². The largest absolute Gasteiger partial charge is 0.305 e. The molecule has 2 aromatic rings. The van der Waals surface area contributed by atoms with Crippen molar-refractivity contribution in [2.24, 2.45) is 0 Å². The van der Waals surface area contributed by atoms with Crippen molar-refractivity contribution in [2.45, 2.75) is 23.3 Å². The zero-order valence-electron chi connectivity index (χ0n) is 11.2. The molecule has 94 valence electrons. The number of benzene rings is 2. The van der Waals surface area contributed by atoms with Crippen LogP contribution in [0.4, 0.5) is 0 Å². The third-order valence-corrected chi connectivity index (χ3v) is 3.78. The highest BCUT2D eigenvalue weighted by Gasteiger charge is 2.04. The van der Waals surface area contributed by atoms with Gasteiger partial charge in [0.25, 0.3) is 0 Å². The average Bonchev–Trinajstić information content (AvgIpc) is 2.31. The van der Waals surface area contributed by atoms with Crippen molar-refractivity contribution in [3.63, 3.8) is 0 Å². The van der Waals surface area contributed by atoms with Gasteiger partial charge in [-0.2, -0.15) is 0 Å². The molecular weight excluding hydrogens is 238 g/mol. The molecule has 0 unspecified atom stereocenters. The van der Waals surface area contributed by atoms with E-state index in [0.29, 0.717) is 0 Å². The predicted octanol–water partition coefficient (Wildman–Crippen LogP) is 4.21. The van der Waals surface area contributed by atoms with E-state index in [2.05, 4.69) is 74.4 Å². The van der Waals surface area contributed by atoms with Crippen molar-refractivity contribution >= 4 is 11.8 Å². The van der Waals surface area contributed by atoms with Crippen molar-refractivity contribution in [3.8, 4) is 0 Å². The van der Waals surface area contributed by atoms with Crippen LogP contribution in [0.15, 0.2) is 58.3 Å². The smallest absolute Gasteiger partial charge is 0.0238 e. The summed E-state index contributed by atoms with van der Waals surface area (Å²) >= 11 is 1.84. The second kappa shape index (κ2) is 6.07. The quantitative estimate of drug-likeness (QED) is 0.807. The maximum atomic E-state index is 2.23. The zero-order valence-corrected chi connectivity index (χ0v) is 12.0. The summed E-state index contributed by atoms with van der Waals surface area (Å²) in [5.74, 6) is 0. The van der Waals surface area contributed by atoms with Crippen LogP contribution in [0.25, 0.3) is 0 Å². The maximum absolute atomic E-state index is 2.23. The number of hydrogen-bond acceptors (Lipinski definition) is 2. The van der Waals surface area contributed by atoms with E-state index in [9.17, 15) is 0 Å². The van der Waals surface area contributed by atoms with Gasteiger partial charge < -0.3 is 4.90 Å². The summed E-state index contributed by atoms with van der Waals surface area (Å²) in [6.07, 6.45) is 0. The minimum atomic E-state index is 0.981. The van der Waals surface area contributed by atoms with E-state index < -0.39 is 0 Å². The Balaban J connectivity index is 2.23. The van der Waals surface area contributed by atoms with Crippen LogP contribution in [0.1, 0.15) is 11.1 Å². The fraction of sp³-hybridized carbons (Fsp3) is 0.250. The molecule has 0 amide bonds. The minimum absolute atomic E-state index is 0.981. The normalized spacial score (nSPS) is 10.9. The Morgan fingerprint density at radius 3 is 2.50 bits per heavy atom. The van der Waals surface area contributed by atoms with Gasteiger partial charge in [0.15, 0.2) is 0 Å². The van der Waals surface area contributed by atoms with E-state index >= 15 is 0 Å². The monoisotopic (exact) mass is 257 g/mol. The van der Waals surface area contributed by atoms with Gasteiger partial charge in [-0.3, -0.25) is 0 Å². The molecule has 1 nitrogen and oxygen atoms in total. The third-order valence-electron chi connectivity index (χ3n) is 2.68. The summed E-state index contributed by atoms with van der Waals surface area (Å²) in [5.41, 5.74) is 2.69. The van der Waals surface area contributed by atoms with Crippen molar-refractivity contribution in [2.75, 3.05) is 14.1 Å². The Kier molecular flexibility index (Phi) is 4.45. The molecule has 0 saturated carbocycles.